The SMILES string of the molecule is CC(C)CC(=[N-])C1(c2ccc(Cl)cc2)CCC1.[Cl-].[Mg+2]. The van der Waals surface area contributed by atoms with E-state index in [-0.39, 0.29) is 40.9 Å². The molecule has 1 aromatic carbocycles. The van der Waals surface area contributed by atoms with Gasteiger partial charge in [-0.3, -0.25) is 0 Å². The van der Waals surface area contributed by atoms with Crippen LogP contribution in [0.25, 0.3) is 5.41 Å². The predicted molar refractivity (Wildman–Crippen MR) is 80.6 cm³/mol. The summed E-state index contributed by atoms with van der Waals surface area (Å²) < 4.78 is 0. The molecule has 0 N–H and O–H groups in total. The number of hydrogen-bond donors (Lipinski definition) is 0. The Bertz CT molecular complexity index is 411. The van der Waals surface area contributed by atoms with E-state index in [2.05, 4.69) is 26.0 Å². The molecule has 1 aromatic rings. The van der Waals surface area contributed by atoms with Crippen molar-refractivity contribution in [2.24, 2.45) is 5.92 Å². The van der Waals surface area contributed by atoms with E-state index in [0.29, 0.717) is 11.6 Å². The average Bonchev–Trinajstić information content (AvgIpc) is 2.18. The van der Waals surface area contributed by atoms with Crippen molar-refractivity contribution in [2.45, 2.75) is 44.9 Å². The smallest absolute Gasteiger partial charge is 1.00 e. The summed E-state index contributed by atoms with van der Waals surface area (Å²) >= 11 is 5.92. The van der Waals surface area contributed by atoms with Crippen LogP contribution in [-0.2, 0) is 5.41 Å². The zero-order chi connectivity index (χ0) is 12.5. The Labute approximate surface area is 143 Å². The van der Waals surface area contributed by atoms with Crippen molar-refractivity contribution in [3.63, 3.8) is 0 Å². The van der Waals surface area contributed by atoms with E-state index in [4.69, 9.17) is 11.6 Å². The first-order chi connectivity index (χ1) is 8.04. The molecule has 0 aromatic heterocycles. The van der Waals surface area contributed by atoms with Crippen LogP contribution in [0, 0.1) is 5.92 Å². The summed E-state index contributed by atoms with van der Waals surface area (Å²) in [5.41, 5.74) is 1.78. The molecule has 100 valence electrons. The second-order valence-electron chi connectivity index (χ2n) is 5.49. The van der Waals surface area contributed by atoms with Crippen molar-refractivity contribution in [1.29, 1.82) is 0 Å². The van der Waals surface area contributed by atoms with Crippen LogP contribution >= 0.6 is 11.6 Å². The molecule has 0 unspecified atom stereocenters. The Morgan fingerprint density at radius 2 is 1.79 bits per heavy atom. The molecular formula is C15H19Cl2MgN. The molecular weight excluding hydrogens is 289 g/mol. The molecule has 1 fully saturated rings. The maximum absolute atomic E-state index is 10.4. The molecule has 0 bridgehead atoms. The fourth-order valence-electron chi connectivity index (χ4n) is 2.63. The van der Waals surface area contributed by atoms with Gasteiger partial charge in [-0.25, -0.2) is 0 Å². The van der Waals surface area contributed by atoms with Gasteiger partial charge in [0.25, 0.3) is 0 Å². The molecule has 0 atom stereocenters. The average molecular weight is 309 g/mol. The van der Waals surface area contributed by atoms with Crippen molar-refractivity contribution in [1.82, 2.24) is 0 Å². The van der Waals surface area contributed by atoms with Crippen molar-refractivity contribution >= 4 is 40.4 Å². The second kappa shape index (κ2) is 7.87. The molecule has 0 spiro atoms. The maximum Gasteiger partial charge on any atom is 2.00 e. The standard InChI is InChI=1S/C15H19ClN.ClH.Mg/c1-11(2)10-14(17)15(8-3-9-15)12-4-6-13(16)7-5-12;;/h4-7,11H,3,8-10H2,1-2H3;1H;/q-1;;+2/p-1. The van der Waals surface area contributed by atoms with Crippen molar-refractivity contribution in [3.8, 4) is 0 Å². The fraction of sp³-hybridized carbons (Fsp3) is 0.533. The number of benzene rings is 1. The van der Waals surface area contributed by atoms with E-state index >= 15 is 0 Å². The van der Waals surface area contributed by atoms with E-state index in [1.54, 1.807) is 0 Å². The quantitative estimate of drug-likeness (QED) is 0.593. The van der Waals surface area contributed by atoms with E-state index in [1.807, 2.05) is 12.1 Å². The fourth-order valence-corrected chi connectivity index (χ4v) is 2.75. The van der Waals surface area contributed by atoms with Crippen molar-refractivity contribution in [3.05, 3.63) is 40.3 Å². The zero-order valence-electron chi connectivity index (χ0n) is 11.6. The number of halogens is 2. The zero-order valence-corrected chi connectivity index (χ0v) is 14.6. The Morgan fingerprint density at radius 3 is 2.16 bits per heavy atom. The summed E-state index contributed by atoms with van der Waals surface area (Å²) in [5, 5.41) is 11.2. The molecule has 1 aliphatic carbocycles. The molecule has 4 heteroatoms. The van der Waals surface area contributed by atoms with Gasteiger partial charge in [0.05, 0.1) is 0 Å². The summed E-state index contributed by atoms with van der Waals surface area (Å²) in [6, 6.07) is 7.94. The van der Waals surface area contributed by atoms with Gasteiger partial charge in [0, 0.05) is 5.02 Å². The molecule has 1 aliphatic rings. The van der Waals surface area contributed by atoms with Crippen LogP contribution in [0.3, 0.4) is 0 Å². The first-order valence-electron chi connectivity index (χ1n) is 6.36. The van der Waals surface area contributed by atoms with E-state index < -0.39 is 0 Å². The Balaban J connectivity index is 0.00000162. The van der Waals surface area contributed by atoms with Crippen LogP contribution in [-0.4, -0.2) is 28.8 Å². The summed E-state index contributed by atoms with van der Waals surface area (Å²) in [6.45, 7) is 4.29. The largest absolute Gasteiger partial charge is 2.00 e. The van der Waals surface area contributed by atoms with Crippen LogP contribution in [0.4, 0.5) is 0 Å². The summed E-state index contributed by atoms with van der Waals surface area (Å²) in [6.07, 6.45) is 4.12. The van der Waals surface area contributed by atoms with Crippen LogP contribution in [0.5, 0.6) is 0 Å². The van der Waals surface area contributed by atoms with Crippen LogP contribution < -0.4 is 12.4 Å². The molecule has 1 nitrogen and oxygen atoms in total. The predicted octanol–water partition coefficient (Wildman–Crippen LogP) is 1.44. The maximum atomic E-state index is 10.4. The van der Waals surface area contributed by atoms with Gasteiger partial charge in [-0.2, -0.15) is 5.71 Å². The number of hydrogen-bond acceptors (Lipinski definition) is 0. The first-order valence-corrected chi connectivity index (χ1v) is 6.74. The molecule has 0 amide bonds. The third-order valence-corrected chi connectivity index (χ3v) is 4.01. The molecule has 0 heterocycles. The van der Waals surface area contributed by atoms with Gasteiger partial charge in [-0.05, 0) is 41.9 Å². The van der Waals surface area contributed by atoms with E-state index in [9.17, 15) is 5.41 Å². The Kier molecular flexibility index (Phi) is 7.97. The van der Waals surface area contributed by atoms with Crippen molar-refractivity contribution < 1.29 is 12.4 Å². The van der Waals surface area contributed by atoms with Gasteiger partial charge in [-0.1, -0.05) is 50.4 Å². The van der Waals surface area contributed by atoms with Crippen LogP contribution in [0.1, 0.15) is 45.1 Å². The van der Waals surface area contributed by atoms with Gasteiger partial charge in [0.15, 0.2) is 0 Å². The molecule has 0 saturated heterocycles. The second-order valence-corrected chi connectivity index (χ2v) is 5.92. The van der Waals surface area contributed by atoms with Crippen LogP contribution in [0.15, 0.2) is 24.3 Å². The first kappa shape index (κ1) is 19.2. The van der Waals surface area contributed by atoms with Gasteiger partial charge < -0.3 is 17.8 Å². The van der Waals surface area contributed by atoms with Gasteiger partial charge in [0.1, 0.15) is 0 Å². The third kappa shape index (κ3) is 4.10. The Hall–Kier alpha value is 0.236. The van der Waals surface area contributed by atoms with Gasteiger partial charge >= 0.3 is 23.1 Å². The molecule has 0 aliphatic heterocycles. The normalized spacial score (nSPS) is 16.0. The van der Waals surface area contributed by atoms with Gasteiger partial charge in [0.2, 0.25) is 0 Å². The molecule has 2 rings (SSSR count). The Morgan fingerprint density at radius 1 is 1.26 bits per heavy atom. The monoisotopic (exact) mass is 307 g/mol. The molecule has 19 heavy (non-hydrogen) atoms. The number of rotatable bonds is 4. The third-order valence-electron chi connectivity index (χ3n) is 3.76. The minimum atomic E-state index is -0.0884. The van der Waals surface area contributed by atoms with Crippen molar-refractivity contribution in [2.75, 3.05) is 0 Å². The topological polar surface area (TPSA) is 22.3 Å². The molecule has 1 saturated carbocycles. The van der Waals surface area contributed by atoms with E-state index in [1.165, 1.54) is 12.0 Å². The van der Waals surface area contributed by atoms with Crippen LogP contribution in [0.2, 0.25) is 5.02 Å². The number of nitrogens with zero attached hydrogens (tertiary/aromatic N) is 1. The molecule has 0 radical (unpaired) electrons. The minimum Gasteiger partial charge on any atom is -1.00 e. The minimum absolute atomic E-state index is 0. The van der Waals surface area contributed by atoms with E-state index in [0.717, 1.165) is 24.3 Å². The summed E-state index contributed by atoms with van der Waals surface area (Å²) in [4.78, 5) is 0. The summed E-state index contributed by atoms with van der Waals surface area (Å²) in [7, 11) is 0. The van der Waals surface area contributed by atoms with Gasteiger partial charge in [-0.15, -0.1) is 0 Å². The summed E-state index contributed by atoms with van der Waals surface area (Å²) in [5.74, 6) is 0.500.